The first-order valence-electron chi connectivity index (χ1n) is 5.78. The molecule has 1 unspecified atom stereocenters. The van der Waals surface area contributed by atoms with Gasteiger partial charge in [-0.2, -0.15) is 0 Å². The number of hydrogen-bond donors (Lipinski definition) is 1. The monoisotopic (exact) mass is 204 g/mol. The molecule has 2 heteroatoms. The van der Waals surface area contributed by atoms with Gasteiger partial charge in [-0.15, -0.1) is 0 Å². The van der Waals surface area contributed by atoms with Crippen LogP contribution in [0.2, 0.25) is 0 Å². The van der Waals surface area contributed by atoms with E-state index in [1.807, 2.05) is 0 Å². The zero-order chi connectivity index (χ0) is 10.8. The maximum Gasteiger partial charge on any atom is 0.0414 e. The van der Waals surface area contributed by atoms with Crippen LogP contribution in [-0.4, -0.2) is 12.6 Å². The molecule has 0 saturated carbocycles. The SMILES string of the molecule is Cc1ccc(N2CCCC2C)c(CN)c1. The summed E-state index contributed by atoms with van der Waals surface area (Å²) in [5, 5.41) is 0. The summed E-state index contributed by atoms with van der Waals surface area (Å²) in [6, 6.07) is 7.28. The number of aryl methyl sites for hydroxylation is 1. The fourth-order valence-corrected chi connectivity index (χ4v) is 2.45. The van der Waals surface area contributed by atoms with E-state index in [-0.39, 0.29) is 0 Å². The summed E-state index contributed by atoms with van der Waals surface area (Å²) < 4.78 is 0. The Kier molecular flexibility index (Phi) is 2.96. The van der Waals surface area contributed by atoms with Crippen LogP contribution in [-0.2, 0) is 6.54 Å². The Morgan fingerprint density at radius 1 is 1.47 bits per heavy atom. The third-order valence-corrected chi connectivity index (χ3v) is 3.32. The van der Waals surface area contributed by atoms with Crippen molar-refractivity contribution in [2.24, 2.45) is 5.73 Å². The van der Waals surface area contributed by atoms with Gasteiger partial charge in [0.2, 0.25) is 0 Å². The van der Waals surface area contributed by atoms with Gasteiger partial charge in [0.1, 0.15) is 0 Å². The second-order valence-corrected chi connectivity index (χ2v) is 4.52. The van der Waals surface area contributed by atoms with Gasteiger partial charge in [0.15, 0.2) is 0 Å². The van der Waals surface area contributed by atoms with E-state index in [1.165, 1.54) is 36.2 Å². The van der Waals surface area contributed by atoms with Gasteiger partial charge in [0, 0.05) is 24.8 Å². The smallest absolute Gasteiger partial charge is 0.0414 e. The van der Waals surface area contributed by atoms with Gasteiger partial charge in [0.25, 0.3) is 0 Å². The van der Waals surface area contributed by atoms with Gasteiger partial charge < -0.3 is 10.6 Å². The Bertz CT molecular complexity index is 346. The van der Waals surface area contributed by atoms with E-state index in [2.05, 4.69) is 36.9 Å². The highest BCUT2D eigenvalue weighted by Crippen LogP contribution is 2.28. The maximum absolute atomic E-state index is 5.81. The van der Waals surface area contributed by atoms with Gasteiger partial charge in [0.05, 0.1) is 0 Å². The van der Waals surface area contributed by atoms with Crippen LogP contribution >= 0.6 is 0 Å². The molecule has 15 heavy (non-hydrogen) atoms. The standard InChI is InChI=1S/C13H20N2/c1-10-5-6-13(12(8-10)9-14)15-7-3-4-11(15)2/h5-6,8,11H,3-4,7,9,14H2,1-2H3. The fraction of sp³-hybridized carbons (Fsp3) is 0.538. The summed E-state index contributed by atoms with van der Waals surface area (Å²) >= 11 is 0. The minimum atomic E-state index is 0.639. The van der Waals surface area contributed by atoms with Gasteiger partial charge >= 0.3 is 0 Å². The molecule has 1 atom stereocenters. The molecule has 1 aromatic carbocycles. The lowest BCUT2D eigenvalue weighted by Crippen LogP contribution is -2.27. The minimum absolute atomic E-state index is 0.639. The van der Waals surface area contributed by atoms with Crippen LogP contribution in [0.1, 0.15) is 30.9 Å². The summed E-state index contributed by atoms with van der Waals surface area (Å²) in [6.07, 6.45) is 2.61. The van der Waals surface area contributed by atoms with Gasteiger partial charge in [-0.1, -0.05) is 17.7 Å². The summed E-state index contributed by atoms with van der Waals surface area (Å²) in [5.41, 5.74) is 9.73. The van der Waals surface area contributed by atoms with Gasteiger partial charge in [-0.05, 0) is 38.3 Å². The predicted octanol–water partition coefficient (Wildman–Crippen LogP) is 2.44. The molecule has 1 fully saturated rings. The van der Waals surface area contributed by atoms with E-state index < -0.39 is 0 Å². The highest BCUT2D eigenvalue weighted by molar-refractivity contribution is 5.56. The molecule has 1 aliphatic rings. The zero-order valence-electron chi connectivity index (χ0n) is 9.66. The normalized spacial score (nSPS) is 21.0. The van der Waals surface area contributed by atoms with Crippen molar-refractivity contribution in [3.05, 3.63) is 29.3 Å². The van der Waals surface area contributed by atoms with E-state index in [4.69, 9.17) is 5.73 Å². The van der Waals surface area contributed by atoms with Crippen LogP contribution in [0.3, 0.4) is 0 Å². The van der Waals surface area contributed by atoms with Crippen molar-refractivity contribution < 1.29 is 0 Å². The summed E-state index contributed by atoms with van der Waals surface area (Å²) in [7, 11) is 0. The molecular formula is C13H20N2. The minimum Gasteiger partial charge on any atom is -0.369 e. The number of rotatable bonds is 2. The van der Waals surface area contributed by atoms with Crippen molar-refractivity contribution in [3.8, 4) is 0 Å². The molecule has 1 aromatic rings. The van der Waals surface area contributed by atoms with E-state index in [0.29, 0.717) is 12.6 Å². The quantitative estimate of drug-likeness (QED) is 0.801. The van der Waals surface area contributed by atoms with Crippen LogP contribution in [0.25, 0.3) is 0 Å². The lowest BCUT2D eigenvalue weighted by atomic mass is 10.1. The third kappa shape index (κ3) is 2.00. The van der Waals surface area contributed by atoms with Crippen molar-refractivity contribution in [3.63, 3.8) is 0 Å². The van der Waals surface area contributed by atoms with Crippen LogP contribution in [0.15, 0.2) is 18.2 Å². The summed E-state index contributed by atoms with van der Waals surface area (Å²) in [6.45, 7) is 6.24. The molecule has 0 amide bonds. The highest BCUT2D eigenvalue weighted by atomic mass is 15.2. The fourth-order valence-electron chi connectivity index (χ4n) is 2.45. The molecule has 2 N–H and O–H groups in total. The van der Waals surface area contributed by atoms with Crippen molar-refractivity contribution in [2.75, 3.05) is 11.4 Å². The van der Waals surface area contributed by atoms with E-state index in [1.54, 1.807) is 0 Å². The molecule has 2 nitrogen and oxygen atoms in total. The van der Waals surface area contributed by atoms with E-state index >= 15 is 0 Å². The number of anilines is 1. The molecule has 0 aromatic heterocycles. The number of benzene rings is 1. The Morgan fingerprint density at radius 2 is 2.27 bits per heavy atom. The molecule has 0 aliphatic carbocycles. The summed E-state index contributed by atoms with van der Waals surface area (Å²) in [5.74, 6) is 0. The first kappa shape index (κ1) is 10.5. The van der Waals surface area contributed by atoms with E-state index in [9.17, 15) is 0 Å². The Morgan fingerprint density at radius 3 is 2.87 bits per heavy atom. The van der Waals surface area contributed by atoms with Gasteiger partial charge in [-0.25, -0.2) is 0 Å². The average Bonchev–Trinajstić information content (AvgIpc) is 2.64. The lowest BCUT2D eigenvalue weighted by molar-refractivity contribution is 0.731. The largest absolute Gasteiger partial charge is 0.369 e. The molecule has 1 aliphatic heterocycles. The number of hydrogen-bond acceptors (Lipinski definition) is 2. The molecule has 0 bridgehead atoms. The molecule has 1 heterocycles. The first-order valence-corrected chi connectivity index (χ1v) is 5.78. The summed E-state index contributed by atoms with van der Waals surface area (Å²) in [4.78, 5) is 2.49. The number of nitrogens with two attached hydrogens (primary N) is 1. The Labute approximate surface area is 92.1 Å². The maximum atomic E-state index is 5.81. The van der Waals surface area contributed by atoms with Crippen molar-refractivity contribution in [1.29, 1.82) is 0 Å². The average molecular weight is 204 g/mol. The molecule has 82 valence electrons. The van der Waals surface area contributed by atoms with Crippen LogP contribution in [0.5, 0.6) is 0 Å². The van der Waals surface area contributed by atoms with E-state index in [0.717, 1.165) is 0 Å². The Hall–Kier alpha value is -1.02. The highest BCUT2D eigenvalue weighted by Gasteiger charge is 2.21. The van der Waals surface area contributed by atoms with Crippen LogP contribution < -0.4 is 10.6 Å². The Balaban J connectivity index is 2.34. The first-order chi connectivity index (χ1) is 7.22. The van der Waals surface area contributed by atoms with Crippen molar-refractivity contribution >= 4 is 5.69 Å². The molecule has 0 spiro atoms. The molecule has 2 rings (SSSR count). The second-order valence-electron chi connectivity index (χ2n) is 4.52. The lowest BCUT2D eigenvalue weighted by Gasteiger charge is -2.26. The molecular weight excluding hydrogens is 184 g/mol. The van der Waals surface area contributed by atoms with Crippen molar-refractivity contribution in [1.82, 2.24) is 0 Å². The van der Waals surface area contributed by atoms with Crippen molar-refractivity contribution in [2.45, 2.75) is 39.3 Å². The second kappa shape index (κ2) is 4.23. The number of nitrogens with zero attached hydrogens (tertiary/aromatic N) is 1. The molecule has 0 radical (unpaired) electrons. The van der Waals surface area contributed by atoms with Gasteiger partial charge in [-0.3, -0.25) is 0 Å². The predicted molar refractivity (Wildman–Crippen MR) is 65.1 cm³/mol. The van der Waals surface area contributed by atoms with Crippen LogP contribution in [0, 0.1) is 6.92 Å². The molecule has 1 saturated heterocycles. The topological polar surface area (TPSA) is 29.3 Å². The zero-order valence-corrected chi connectivity index (χ0v) is 9.66. The third-order valence-electron chi connectivity index (χ3n) is 3.32. The van der Waals surface area contributed by atoms with Crippen LogP contribution in [0.4, 0.5) is 5.69 Å².